The topological polar surface area (TPSA) is 111 Å². The van der Waals surface area contributed by atoms with Crippen molar-refractivity contribution in [3.8, 4) is 0 Å². The van der Waals surface area contributed by atoms with E-state index in [1.165, 1.54) is 16.8 Å². The van der Waals surface area contributed by atoms with Crippen LogP contribution in [0.1, 0.15) is 6.23 Å². The molecule has 0 aliphatic carbocycles. The first-order valence-electron chi connectivity index (χ1n) is 4.61. The van der Waals surface area contributed by atoms with Crippen molar-refractivity contribution in [2.45, 2.75) is 11.7 Å². The highest BCUT2D eigenvalue weighted by Crippen LogP contribution is 2.25. The minimum Gasteiger partial charge on any atom is -0.388 e. The Morgan fingerprint density at radius 3 is 3.06 bits per heavy atom. The molecule has 1 aromatic rings. The fourth-order valence-corrected chi connectivity index (χ4v) is 2.63. The normalized spacial score (nSPS) is 29.5. The molecule has 16 heavy (non-hydrogen) atoms. The number of rotatable bonds is 2. The number of ether oxygens (including phenoxy) is 1. The number of aliphatic hydroxyl groups excluding tert-OH is 1. The van der Waals surface area contributed by atoms with Crippen LogP contribution in [0.2, 0.25) is 0 Å². The Kier molecular flexibility index (Phi) is 3.15. The van der Waals surface area contributed by atoms with E-state index in [4.69, 9.17) is 15.6 Å². The van der Waals surface area contributed by atoms with Gasteiger partial charge in [-0.25, -0.2) is 4.79 Å². The van der Waals surface area contributed by atoms with E-state index in [0.29, 0.717) is 0 Å². The number of nitrogens with two attached hydrogens (primary N) is 1. The van der Waals surface area contributed by atoms with Crippen molar-refractivity contribution in [1.82, 2.24) is 9.55 Å². The molecule has 0 amide bonds. The molecule has 0 spiro atoms. The van der Waals surface area contributed by atoms with Crippen molar-refractivity contribution < 1.29 is 14.4 Å². The zero-order valence-electron chi connectivity index (χ0n) is 8.31. The van der Waals surface area contributed by atoms with Crippen LogP contribution in [0.25, 0.3) is 0 Å². The number of hydrogen-bond donors (Lipinski definition) is 3. The van der Waals surface area contributed by atoms with Gasteiger partial charge in [-0.1, -0.05) is 0 Å². The van der Waals surface area contributed by atoms with Gasteiger partial charge in [0.1, 0.15) is 12.4 Å². The van der Waals surface area contributed by atoms with Crippen molar-refractivity contribution >= 4 is 17.0 Å². The third-order valence-electron chi connectivity index (χ3n) is 2.24. The van der Waals surface area contributed by atoms with Crippen LogP contribution >= 0.6 is 0 Å². The lowest BCUT2D eigenvalue weighted by Gasteiger charge is -2.09. The van der Waals surface area contributed by atoms with Crippen LogP contribution in [0.4, 0.5) is 5.82 Å². The summed E-state index contributed by atoms with van der Waals surface area (Å²) in [5.41, 5.74) is 4.20. The second-order valence-electron chi connectivity index (χ2n) is 3.31. The molecule has 1 aromatic heterocycles. The molecule has 0 saturated carbocycles. The van der Waals surface area contributed by atoms with Gasteiger partial charge in [-0.3, -0.25) is 9.30 Å². The summed E-state index contributed by atoms with van der Waals surface area (Å²) in [6.07, 6.45) is 0.873. The molecule has 1 aliphatic rings. The van der Waals surface area contributed by atoms with E-state index < -0.39 is 28.5 Å². The van der Waals surface area contributed by atoms with Crippen molar-refractivity contribution in [2.75, 3.05) is 18.1 Å². The summed E-state index contributed by atoms with van der Waals surface area (Å²) in [6.45, 7) is -0.271. The predicted molar refractivity (Wildman–Crippen MR) is 58.8 cm³/mol. The summed E-state index contributed by atoms with van der Waals surface area (Å²) in [5.74, 6) is 0.414. The Balaban J connectivity index is 2.23. The van der Waals surface area contributed by atoms with Crippen LogP contribution in [-0.2, 0) is 15.9 Å². The minimum absolute atomic E-state index is 0.140. The average molecular weight is 246 g/mol. The summed E-state index contributed by atoms with van der Waals surface area (Å²) in [6, 6.07) is 1.48. The van der Waals surface area contributed by atoms with Gasteiger partial charge in [0.15, 0.2) is 23.2 Å². The molecule has 0 aromatic carbocycles. The van der Waals surface area contributed by atoms with Crippen molar-refractivity contribution in [2.24, 2.45) is 0 Å². The minimum atomic E-state index is -1.05. The Hall–Kier alpha value is -1.09. The summed E-state index contributed by atoms with van der Waals surface area (Å²) in [4.78, 5) is 15.0. The van der Waals surface area contributed by atoms with Crippen molar-refractivity contribution in [3.05, 3.63) is 22.7 Å². The second kappa shape index (κ2) is 4.42. The van der Waals surface area contributed by atoms with E-state index in [9.17, 15) is 9.35 Å². The molecule has 2 rings (SSSR count). The molecule has 1 fully saturated rings. The first kappa shape index (κ1) is 11.4. The molecule has 0 bridgehead atoms. The standard InChI is InChI=1S/C8H11N3O4S/c9-5-1-2-11(8(13)10-5)6-4-16(14)7(3-12)15-6/h1-2,6-7,12,14H,3-4H2,(H-,9,10,13)/p+1/t6-,7+,16?/m1/s1. The first-order chi connectivity index (χ1) is 7.61. The molecule has 8 heteroatoms. The third kappa shape index (κ3) is 2.05. The zero-order chi connectivity index (χ0) is 11.7. The molecule has 1 unspecified atom stereocenters. The number of aliphatic hydroxyl groups is 1. The quantitative estimate of drug-likeness (QED) is 0.563. The molecule has 0 radical (unpaired) electrons. The van der Waals surface area contributed by atoms with E-state index >= 15 is 0 Å². The molecular weight excluding hydrogens is 234 g/mol. The Bertz CT molecular complexity index is 438. The molecule has 7 nitrogen and oxygen atoms in total. The van der Waals surface area contributed by atoms with E-state index in [1.54, 1.807) is 0 Å². The van der Waals surface area contributed by atoms with Gasteiger partial charge in [0.25, 0.3) is 5.44 Å². The highest BCUT2D eigenvalue weighted by atomic mass is 32.2. The lowest BCUT2D eigenvalue weighted by molar-refractivity contribution is -0.00763. The molecule has 3 atom stereocenters. The third-order valence-corrected chi connectivity index (χ3v) is 3.73. The summed E-state index contributed by atoms with van der Waals surface area (Å²) in [7, 11) is 0. The maximum absolute atomic E-state index is 11.5. The van der Waals surface area contributed by atoms with Gasteiger partial charge >= 0.3 is 5.69 Å². The van der Waals surface area contributed by atoms with Crippen LogP contribution in [-0.4, -0.2) is 37.0 Å². The lowest BCUT2D eigenvalue weighted by atomic mass is 10.5. The largest absolute Gasteiger partial charge is 0.388 e. The smallest absolute Gasteiger partial charge is 0.351 e. The van der Waals surface area contributed by atoms with Gasteiger partial charge in [-0.15, -0.1) is 0 Å². The van der Waals surface area contributed by atoms with Gasteiger partial charge in [0.2, 0.25) is 0 Å². The van der Waals surface area contributed by atoms with E-state index in [-0.39, 0.29) is 18.2 Å². The summed E-state index contributed by atoms with van der Waals surface area (Å²) in [5, 5.41) is 8.91. The number of aromatic nitrogens is 2. The summed E-state index contributed by atoms with van der Waals surface area (Å²) >= 11 is -1.05. The fraction of sp³-hybridized carbons (Fsp3) is 0.500. The predicted octanol–water partition coefficient (Wildman–Crippen LogP) is -1.24. The molecule has 2 heterocycles. The Labute approximate surface area is 94.0 Å². The van der Waals surface area contributed by atoms with Crippen molar-refractivity contribution in [1.29, 1.82) is 0 Å². The fourth-order valence-electron chi connectivity index (χ4n) is 1.45. The molecular formula is C8H12N3O4S+. The van der Waals surface area contributed by atoms with Gasteiger partial charge < -0.3 is 10.8 Å². The highest BCUT2D eigenvalue weighted by Gasteiger charge is 2.44. The second-order valence-corrected chi connectivity index (χ2v) is 4.97. The maximum Gasteiger partial charge on any atom is 0.351 e. The van der Waals surface area contributed by atoms with Crippen molar-refractivity contribution in [3.63, 3.8) is 0 Å². The van der Waals surface area contributed by atoms with E-state index in [2.05, 4.69) is 4.98 Å². The average Bonchev–Trinajstić information content (AvgIpc) is 2.59. The van der Waals surface area contributed by atoms with E-state index in [0.717, 1.165) is 0 Å². The number of nitrogen functional groups attached to an aromatic ring is 1. The van der Waals surface area contributed by atoms with Crippen LogP contribution < -0.4 is 11.4 Å². The number of hydrogen-bond acceptors (Lipinski definition) is 6. The molecule has 1 saturated heterocycles. The lowest BCUT2D eigenvalue weighted by Crippen LogP contribution is -2.28. The van der Waals surface area contributed by atoms with Gasteiger partial charge in [0, 0.05) is 6.20 Å². The molecule has 88 valence electrons. The SMILES string of the molecule is Nc1ccn([C@H]2C[S+](O)[C@@H](CO)O2)c(=O)n1. The van der Waals surface area contributed by atoms with Crippen LogP contribution in [0, 0.1) is 0 Å². The first-order valence-corrected chi connectivity index (χ1v) is 6.03. The van der Waals surface area contributed by atoms with Crippen LogP contribution in [0.3, 0.4) is 0 Å². The maximum atomic E-state index is 11.5. The van der Waals surface area contributed by atoms with Gasteiger partial charge in [-0.2, -0.15) is 9.54 Å². The highest BCUT2D eigenvalue weighted by molar-refractivity contribution is 7.92. The number of anilines is 1. The molecule has 4 N–H and O–H groups in total. The Morgan fingerprint density at radius 1 is 1.75 bits per heavy atom. The van der Waals surface area contributed by atoms with Crippen LogP contribution in [0.15, 0.2) is 17.1 Å². The Morgan fingerprint density at radius 2 is 2.50 bits per heavy atom. The summed E-state index contributed by atoms with van der Waals surface area (Å²) < 4.78 is 16.1. The van der Waals surface area contributed by atoms with Crippen LogP contribution in [0.5, 0.6) is 0 Å². The van der Waals surface area contributed by atoms with Gasteiger partial charge in [-0.05, 0) is 6.07 Å². The monoisotopic (exact) mass is 246 g/mol. The van der Waals surface area contributed by atoms with Gasteiger partial charge in [0.05, 0.1) is 0 Å². The molecule has 1 aliphatic heterocycles. The van der Waals surface area contributed by atoms with E-state index in [1.807, 2.05) is 0 Å². The number of nitrogens with zero attached hydrogens (tertiary/aromatic N) is 2. The zero-order valence-corrected chi connectivity index (χ0v) is 9.13.